The molecule has 7 nitrogen and oxygen atoms in total. The van der Waals surface area contributed by atoms with Gasteiger partial charge in [0.2, 0.25) is 0 Å². The van der Waals surface area contributed by atoms with Crippen molar-refractivity contribution in [2.45, 2.75) is 50.7 Å². The van der Waals surface area contributed by atoms with Crippen LogP contribution < -0.4 is 15.8 Å². The first-order chi connectivity index (χ1) is 11.1. The SMILES string of the molecule is O=C(N[C@H]1CCN(c2cn[nH]c(=O)c2Cl)C1)OC1CCCCC1. The molecule has 1 atom stereocenters. The van der Waals surface area contributed by atoms with E-state index in [1.54, 1.807) is 0 Å². The van der Waals surface area contributed by atoms with Crippen LogP contribution in [0.3, 0.4) is 0 Å². The van der Waals surface area contributed by atoms with E-state index in [0.717, 1.165) is 32.1 Å². The highest BCUT2D eigenvalue weighted by Crippen LogP contribution is 2.25. The zero-order valence-electron chi connectivity index (χ0n) is 12.9. The summed E-state index contributed by atoms with van der Waals surface area (Å²) >= 11 is 6.02. The molecule has 2 fully saturated rings. The number of nitrogens with one attached hydrogen (secondary N) is 2. The maximum Gasteiger partial charge on any atom is 0.407 e. The summed E-state index contributed by atoms with van der Waals surface area (Å²) in [5.41, 5.74) is 0.192. The molecule has 1 saturated carbocycles. The first kappa shape index (κ1) is 16.1. The summed E-state index contributed by atoms with van der Waals surface area (Å²) in [6.07, 6.45) is 7.41. The van der Waals surface area contributed by atoms with Crippen molar-refractivity contribution in [1.82, 2.24) is 15.5 Å². The molecule has 1 amide bonds. The number of alkyl carbamates (subject to hydrolysis) is 1. The van der Waals surface area contributed by atoms with E-state index in [9.17, 15) is 9.59 Å². The van der Waals surface area contributed by atoms with Gasteiger partial charge in [0, 0.05) is 13.1 Å². The Hall–Kier alpha value is -1.76. The van der Waals surface area contributed by atoms with Gasteiger partial charge in [0.15, 0.2) is 0 Å². The average Bonchev–Trinajstić information content (AvgIpc) is 2.99. The molecule has 0 bridgehead atoms. The maximum absolute atomic E-state index is 12.0. The zero-order chi connectivity index (χ0) is 16.2. The molecular weight excluding hydrogens is 320 g/mol. The Kier molecular flexibility index (Phi) is 5.05. The molecule has 23 heavy (non-hydrogen) atoms. The summed E-state index contributed by atoms with van der Waals surface area (Å²) in [6, 6.07) is -0.0126. The normalized spacial score (nSPS) is 22.1. The molecule has 126 valence electrons. The lowest BCUT2D eigenvalue weighted by molar-refractivity contribution is 0.0734. The van der Waals surface area contributed by atoms with Gasteiger partial charge in [-0.15, -0.1) is 0 Å². The lowest BCUT2D eigenvalue weighted by atomic mass is 9.98. The smallest absolute Gasteiger partial charge is 0.407 e. The fraction of sp³-hybridized carbons (Fsp3) is 0.667. The predicted molar refractivity (Wildman–Crippen MR) is 87.0 cm³/mol. The second-order valence-corrected chi connectivity index (χ2v) is 6.52. The standard InChI is InChI=1S/C15H21ClN4O3/c16-13-12(8-17-19-14(13)21)20-7-6-10(9-20)18-15(22)23-11-4-2-1-3-5-11/h8,10-11H,1-7,9H2,(H,18,22)(H,19,21)/t10-/m0/s1. The van der Waals surface area contributed by atoms with E-state index < -0.39 is 5.56 Å². The summed E-state index contributed by atoms with van der Waals surface area (Å²) < 4.78 is 5.48. The first-order valence-corrected chi connectivity index (χ1v) is 8.46. The number of ether oxygens (including phenoxy) is 1. The second kappa shape index (κ2) is 7.21. The van der Waals surface area contributed by atoms with Crippen LogP contribution >= 0.6 is 11.6 Å². The lowest BCUT2D eigenvalue weighted by Crippen LogP contribution is -2.39. The number of hydrogen-bond acceptors (Lipinski definition) is 5. The Balaban J connectivity index is 1.52. The van der Waals surface area contributed by atoms with Gasteiger partial charge in [-0.3, -0.25) is 4.79 Å². The van der Waals surface area contributed by atoms with Gasteiger partial charge in [-0.25, -0.2) is 9.89 Å². The number of aromatic amines is 1. The van der Waals surface area contributed by atoms with Gasteiger partial charge in [0.05, 0.1) is 17.9 Å². The van der Waals surface area contributed by atoms with Crippen LogP contribution in [0, 0.1) is 0 Å². The van der Waals surface area contributed by atoms with Crippen LogP contribution in [0.15, 0.2) is 11.0 Å². The summed E-state index contributed by atoms with van der Waals surface area (Å²) in [4.78, 5) is 25.5. The number of anilines is 1. The third-order valence-electron chi connectivity index (χ3n) is 4.45. The molecule has 1 saturated heterocycles. The minimum atomic E-state index is -0.405. The molecule has 0 unspecified atom stereocenters. The van der Waals surface area contributed by atoms with E-state index in [1.807, 2.05) is 4.90 Å². The van der Waals surface area contributed by atoms with Crippen molar-refractivity contribution < 1.29 is 9.53 Å². The van der Waals surface area contributed by atoms with E-state index in [-0.39, 0.29) is 23.3 Å². The summed E-state index contributed by atoms with van der Waals surface area (Å²) in [7, 11) is 0. The molecule has 2 aliphatic rings. The van der Waals surface area contributed by atoms with Gasteiger partial charge in [-0.05, 0) is 32.1 Å². The number of rotatable bonds is 3. The topological polar surface area (TPSA) is 87.3 Å². The monoisotopic (exact) mass is 340 g/mol. The average molecular weight is 341 g/mol. The van der Waals surface area contributed by atoms with Crippen LogP contribution in [0.25, 0.3) is 0 Å². The van der Waals surface area contributed by atoms with Crippen molar-refractivity contribution in [1.29, 1.82) is 0 Å². The van der Waals surface area contributed by atoms with Gasteiger partial charge in [-0.1, -0.05) is 18.0 Å². The third-order valence-corrected chi connectivity index (χ3v) is 4.82. The number of halogens is 1. The fourth-order valence-corrected chi connectivity index (χ4v) is 3.44. The minimum Gasteiger partial charge on any atom is -0.446 e. The van der Waals surface area contributed by atoms with Crippen molar-refractivity contribution in [2.75, 3.05) is 18.0 Å². The highest BCUT2D eigenvalue weighted by molar-refractivity contribution is 6.33. The molecule has 1 aromatic heterocycles. The van der Waals surface area contributed by atoms with Gasteiger partial charge in [0.25, 0.3) is 5.56 Å². The highest BCUT2D eigenvalue weighted by atomic mass is 35.5. The van der Waals surface area contributed by atoms with E-state index in [2.05, 4.69) is 15.5 Å². The molecule has 3 rings (SSSR count). The van der Waals surface area contributed by atoms with Gasteiger partial charge in [0.1, 0.15) is 11.1 Å². The molecule has 1 aromatic rings. The number of aromatic nitrogens is 2. The molecule has 1 aliphatic heterocycles. The number of nitrogens with zero attached hydrogens (tertiary/aromatic N) is 2. The largest absolute Gasteiger partial charge is 0.446 e. The van der Waals surface area contributed by atoms with E-state index in [4.69, 9.17) is 16.3 Å². The van der Waals surface area contributed by atoms with Gasteiger partial charge >= 0.3 is 6.09 Å². The number of H-pyrrole nitrogens is 1. The zero-order valence-corrected chi connectivity index (χ0v) is 13.6. The molecular formula is C15H21ClN4O3. The van der Waals surface area contributed by atoms with Crippen molar-refractivity contribution >= 4 is 23.4 Å². The summed E-state index contributed by atoms with van der Waals surface area (Å²) in [5.74, 6) is 0. The lowest BCUT2D eigenvalue weighted by Gasteiger charge is -2.23. The number of hydrogen-bond donors (Lipinski definition) is 2. The molecule has 2 N–H and O–H groups in total. The first-order valence-electron chi connectivity index (χ1n) is 8.09. The molecule has 2 heterocycles. The molecule has 8 heteroatoms. The summed E-state index contributed by atoms with van der Waals surface area (Å²) in [6.45, 7) is 1.30. The molecule has 1 aliphatic carbocycles. The Morgan fingerprint density at radius 1 is 1.35 bits per heavy atom. The van der Waals surface area contributed by atoms with Crippen LogP contribution in [0.5, 0.6) is 0 Å². The number of amides is 1. The van der Waals surface area contributed by atoms with E-state index in [1.165, 1.54) is 12.6 Å². The molecule has 0 radical (unpaired) electrons. The van der Waals surface area contributed by atoms with E-state index in [0.29, 0.717) is 18.8 Å². The quantitative estimate of drug-likeness (QED) is 0.879. The van der Waals surface area contributed by atoms with Crippen LogP contribution in [0.4, 0.5) is 10.5 Å². The fourth-order valence-electron chi connectivity index (χ4n) is 3.23. The highest BCUT2D eigenvalue weighted by Gasteiger charge is 2.27. The van der Waals surface area contributed by atoms with Crippen molar-refractivity contribution in [3.63, 3.8) is 0 Å². The Bertz CT molecular complexity index is 615. The minimum absolute atomic E-state index is 0.0126. The second-order valence-electron chi connectivity index (χ2n) is 6.14. The molecule has 0 spiro atoms. The number of carbonyl (C=O) groups is 1. The Morgan fingerprint density at radius 2 is 2.13 bits per heavy atom. The van der Waals surface area contributed by atoms with Gasteiger partial charge < -0.3 is 15.0 Å². The maximum atomic E-state index is 12.0. The van der Waals surface area contributed by atoms with E-state index >= 15 is 0 Å². The van der Waals surface area contributed by atoms with Crippen LogP contribution in [-0.2, 0) is 4.74 Å². The van der Waals surface area contributed by atoms with Crippen molar-refractivity contribution in [3.8, 4) is 0 Å². The third kappa shape index (κ3) is 3.96. The molecule has 0 aromatic carbocycles. The predicted octanol–water partition coefficient (Wildman–Crippen LogP) is 2.06. The number of carbonyl (C=O) groups excluding carboxylic acids is 1. The van der Waals surface area contributed by atoms with Crippen LogP contribution in [0.1, 0.15) is 38.5 Å². The van der Waals surface area contributed by atoms with Crippen molar-refractivity contribution in [3.05, 3.63) is 21.6 Å². The Labute approximate surface area is 139 Å². The van der Waals surface area contributed by atoms with Crippen molar-refractivity contribution in [2.24, 2.45) is 0 Å². The summed E-state index contributed by atoms with van der Waals surface area (Å²) in [5, 5.41) is 9.11. The van der Waals surface area contributed by atoms with Crippen LogP contribution in [-0.4, -0.2) is 41.5 Å². The van der Waals surface area contributed by atoms with Crippen LogP contribution in [0.2, 0.25) is 5.02 Å². The Morgan fingerprint density at radius 3 is 2.91 bits per heavy atom. The van der Waals surface area contributed by atoms with Gasteiger partial charge in [-0.2, -0.15) is 5.10 Å².